The van der Waals surface area contributed by atoms with Gasteiger partial charge in [0, 0.05) is 24.3 Å². The molecule has 8 heteroatoms. The molecule has 0 radical (unpaired) electrons. The number of nitrogens with zero attached hydrogens (tertiary/aromatic N) is 2. The van der Waals surface area contributed by atoms with Crippen molar-refractivity contribution >= 4 is 28.3 Å². The molecule has 0 saturated heterocycles. The number of thiazole rings is 1. The lowest BCUT2D eigenvalue weighted by molar-refractivity contribution is -0.132. The van der Waals surface area contributed by atoms with Gasteiger partial charge in [-0.25, -0.2) is 4.98 Å². The Bertz CT molecular complexity index is 895. The molecule has 148 valence electrons. The van der Waals surface area contributed by atoms with Crippen molar-refractivity contribution in [1.82, 2.24) is 9.88 Å². The van der Waals surface area contributed by atoms with E-state index in [2.05, 4.69) is 10.3 Å². The fraction of sp³-hybridized carbons (Fsp3) is 0.450. The second-order valence-electron chi connectivity index (χ2n) is 7.41. The van der Waals surface area contributed by atoms with E-state index >= 15 is 0 Å². The van der Waals surface area contributed by atoms with Crippen LogP contribution in [-0.4, -0.2) is 41.0 Å². The summed E-state index contributed by atoms with van der Waals surface area (Å²) in [5.74, 6) is 1.43. The molecular formula is C20H23N3O4S. The minimum absolute atomic E-state index is 0.158. The summed E-state index contributed by atoms with van der Waals surface area (Å²) < 4.78 is 11.3. The molecule has 3 heterocycles. The Morgan fingerprint density at radius 3 is 2.89 bits per heavy atom. The van der Waals surface area contributed by atoms with Crippen LogP contribution in [0.4, 0.5) is 5.13 Å². The van der Waals surface area contributed by atoms with E-state index in [0.717, 1.165) is 10.6 Å². The van der Waals surface area contributed by atoms with E-state index in [1.807, 2.05) is 36.9 Å². The zero-order valence-corrected chi connectivity index (χ0v) is 16.8. The Hall–Kier alpha value is -2.61. The molecule has 2 aliphatic heterocycles. The number of carbonyl (C=O) groups is 2. The largest absolute Gasteiger partial charge is 0.485 e. The molecule has 2 aromatic rings. The topological polar surface area (TPSA) is 80.8 Å². The third kappa shape index (κ3) is 3.96. The second kappa shape index (κ2) is 7.79. The molecule has 0 saturated carbocycles. The van der Waals surface area contributed by atoms with Gasteiger partial charge in [-0.15, -0.1) is 0 Å². The number of benzene rings is 1. The summed E-state index contributed by atoms with van der Waals surface area (Å²) in [4.78, 5) is 32.3. The van der Waals surface area contributed by atoms with Gasteiger partial charge in [0.15, 0.2) is 16.6 Å². The summed E-state index contributed by atoms with van der Waals surface area (Å²) in [6, 6.07) is 7.28. The fourth-order valence-electron chi connectivity index (χ4n) is 3.27. The number of rotatable bonds is 4. The first-order valence-electron chi connectivity index (χ1n) is 9.45. The van der Waals surface area contributed by atoms with Gasteiger partial charge in [-0.05, 0) is 18.1 Å². The molecular weight excluding hydrogens is 378 g/mol. The lowest BCUT2D eigenvalue weighted by atomic mass is 10.1. The molecule has 1 aromatic heterocycles. The highest BCUT2D eigenvalue weighted by molar-refractivity contribution is 7.15. The molecule has 1 unspecified atom stereocenters. The number of anilines is 1. The quantitative estimate of drug-likeness (QED) is 0.852. The number of hydrogen-bond acceptors (Lipinski definition) is 6. The lowest BCUT2D eigenvalue weighted by Crippen LogP contribution is -2.40. The first-order valence-corrected chi connectivity index (χ1v) is 10.3. The van der Waals surface area contributed by atoms with Crippen LogP contribution in [0.1, 0.15) is 30.8 Å². The third-order valence-corrected chi connectivity index (χ3v) is 5.70. The number of ether oxygens (including phenoxy) is 2. The molecule has 0 spiro atoms. The predicted molar refractivity (Wildman–Crippen MR) is 106 cm³/mol. The maximum Gasteiger partial charge on any atom is 0.270 e. The van der Waals surface area contributed by atoms with Gasteiger partial charge >= 0.3 is 0 Å². The predicted octanol–water partition coefficient (Wildman–Crippen LogP) is 2.85. The van der Waals surface area contributed by atoms with Crippen molar-refractivity contribution in [3.8, 4) is 11.5 Å². The molecule has 0 fully saturated rings. The number of hydrogen-bond donors (Lipinski definition) is 1. The number of para-hydroxylation sites is 2. The molecule has 4 rings (SSSR count). The molecule has 0 aliphatic carbocycles. The molecule has 1 atom stereocenters. The van der Waals surface area contributed by atoms with Crippen LogP contribution in [0.15, 0.2) is 24.3 Å². The van der Waals surface area contributed by atoms with E-state index < -0.39 is 6.10 Å². The van der Waals surface area contributed by atoms with E-state index in [9.17, 15) is 9.59 Å². The molecule has 1 N–H and O–H groups in total. The standard InChI is InChI=1S/C20H23N3O4S/c1-12(2)9-18(24)23-8-7-13-17(10-23)28-20(21-13)22-19(25)16-11-26-14-5-3-4-6-15(14)27-16/h3-6,12,16H,7-11H2,1-2H3,(H,21,22,25). The van der Waals surface area contributed by atoms with Crippen molar-refractivity contribution in [2.24, 2.45) is 5.92 Å². The molecule has 7 nitrogen and oxygen atoms in total. The zero-order chi connectivity index (χ0) is 19.7. The van der Waals surface area contributed by atoms with Crippen LogP contribution in [0.2, 0.25) is 0 Å². The smallest absolute Gasteiger partial charge is 0.270 e. The lowest BCUT2D eigenvalue weighted by Gasteiger charge is -2.26. The highest BCUT2D eigenvalue weighted by Gasteiger charge is 2.29. The molecule has 2 amide bonds. The Balaban J connectivity index is 1.39. The van der Waals surface area contributed by atoms with Gasteiger partial charge in [0.1, 0.15) is 6.61 Å². The van der Waals surface area contributed by atoms with E-state index in [4.69, 9.17) is 9.47 Å². The van der Waals surface area contributed by atoms with Crippen molar-refractivity contribution in [3.05, 3.63) is 34.8 Å². The maximum atomic E-state index is 12.6. The van der Waals surface area contributed by atoms with E-state index in [1.54, 1.807) is 6.07 Å². The highest BCUT2D eigenvalue weighted by Crippen LogP contribution is 2.32. The first-order chi connectivity index (χ1) is 13.5. The number of nitrogens with one attached hydrogen (secondary N) is 1. The first kappa shape index (κ1) is 18.7. The maximum absolute atomic E-state index is 12.6. The highest BCUT2D eigenvalue weighted by atomic mass is 32.1. The Kier molecular flexibility index (Phi) is 5.21. The molecule has 2 aliphatic rings. The van der Waals surface area contributed by atoms with Gasteiger partial charge in [-0.3, -0.25) is 14.9 Å². The summed E-state index contributed by atoms with van der Waals surface area (Å²) in [6.07, 6.45) is 0.542. The molecule has 1 aromatic carbocycles. The average molecular weight is 401 g/mol. The van der Waals surface area contributed by atoms with Gasteiger partial charge in [0.2, 0.25) is 12.0 Å². The summed E-state index contributed by atoms with van der Waals surface area (Å²) >= 11 is 1.42. The van der Waals surface area contributed by atoms with Crippen LogP contribution >= 0.6 is 11.3 Å². The Morgan fingerprint density at radius 1 is 1.32 bits per heavy atom. The summed E-state index contributed by atoms with van der Waals surface area (Å²) in [5.41, 5.74) is 0.958. The normalized spacial score (nSPS) is 18.0. The van der Waals surface area contributed by atoms with Gasteiger partial charge in [-0.2, -0.15) is 0 Å². The van der Waals surface area contributed by atoms with Crippen LogP contribution in [0, 0.1) is 5.92 Å². The van der Waals surface area contributed by atoms with Crippen LogP contribution in [-0.2, 0) is 22.6 Å². The minimum Gasteiger partial charge on any atom is -0.485 e. The van der Waals surface area contributed by atoms with Crippen LogP contribution in [0.3, 0.4) is 0 Å². The third-order valence-electron chi connectivity index (χ3n) is 4.70. The van der Waals surface area contributed by atoms with Crippen molar-refractivity contribution in [1.29, 1.82) is 0 Å². The van der Waals surface area contributed by atoms with Crippen molar-refractivity contribution in [3.63, 3.8) is 0 Å². The van der Waals surface area contributed by atoms with E-state index in [1.165, 1.54) is 11.3 Å². The van der Waals surface area contributed by atoms with Crippen LogP contribution in [0.5, 0.6) is 11.5 Å². The fourth-order valence-corrected chi connectivity index (χ4v) is 4.30. The van der Waals surface area contributed by atoms with E-state index in [0.29, 0.717) is 48.5 Å². The number of carbonyl (C=O) groups excluding carboxylic acids is 2. The van der Waals surface area contributed by atoms with Crippen molar-refractivity contribution in [2.45, 2.75) is 39.3 Å². The summed E-state index contributed by atoms with van der Waals surface area (Å²) in [6.45, 7) is 5.48. The zero-order valence-electron chi connectivity index (χ0n) is 15.9. The minimum atomic E-state index is -0.722. The van der Waals surface area contributed by atoms with E-state index in [-0.39, 0.29) is 18.4 Å². The molecule has 28 heavy (non-hydrogen) atoms. The van der Waals surface area contributed by atoms with Gasteiger partial charge in [-0.1, -0.05) is 37.3 Å². The van der Waals surface area contributed by atoms with Crippen molar-refractivity contribution < 1.29 is 19.1 Å². The SMILES string of the molecule is CC(C)CC(=O)N1CCc2nc(NC(=O)C3COc4ccccc4O3)sc2C1. The number of fused-ring (bicyclic) bond motifs is 2. The average Bonchev–Trinajstić information content (AvgIpc) is 3.08. The Morgan fingerprint density at radius 2 is 2.11 bits per heavy atom. The molecule has 0 bridgehead atoms. The summed E-state index contributed by atoms with van der Waals surface area (Å²) in [7, 11) is 0. The monoisotopic (exact) mass is 401 g/mol. The number of amides is 2. The van der Waals surface area contributed by atoms with Crippen LogP contribution < -0.4 is 14.8 Å². The van der Waals surface area contributed by atoms with Gasteiger partial charge < -0.3 is 14.4 Å². The van der Waals surface area contributed by atoms with Crippen molar-refractivity contribution in [2.75, 3.05) is 18.5 Å². The van der Waals surface area contributed by atoms with Crippen LogP contribution in [0.25, 0.3) is 0 Å². The van der Waals surface area contributed by atoms with Gasteiger partial charge in [0.05, 0.1) is 12.2 Å². The van der Waals surface area contributed by atoms with Gasteiger partial charge in [0.25, 0.3) is 5.91 Å². The second-order valence-corrected chi connectivity index (χ2v) is 8.49. The number of aromatic nitrogens is 1. The summed E-state index contributed by atoms with van der Waals surface area (Å²) in [5, 5.41) is 3.37. The Labute approximate surface area is 167 Å².